The standard InChI is InChI=1S/C75H141N7O10/c1-5-9-13-17-21-25-29-33-37-43-63-87-69(83)49-58-81(59-50-70(84)88-64-44-38-34-30-26-22-18-14-10-6-2)56-47-67-91-74-77-73(76-53-62-80-54-41-42-55-80)78-75(79-74)92-68-48-57-82(60-51-71(85)89-65-45-39-35-31-27-23-19-15-11-7-3)61-52-72(86)90-66-46-40-36-32-28-24-20-16-12-8-4/h5-68H2,1-4H3,(H,76,77,78,79). The lowest BCUT2D eigenvalue weighted by atomic mass is 10.1. The highest BCUT2D eigenvalue weighted by Gasteiger charge is 2.17. The minimum Gasteiger partial charge on any atom is -0.466 e. The number of nitrogens with zero attached hydrogens (tertiary/aromatic N) is 6. The lowest BCUT2D eigenvalue weighted by Crippen LogP contribution is -2.31. The number of hydrogen-bond acceptors (Lipinski definition) is 17. The third kappa shape index (κ3) is 54.4. The highest BCUT2D eigenvalue weighted by Crippen LogP contribution is 2.18. The molecule has 17 heteroatoms. The Morgan fingerprint density at radius 1 is 0.337 bits per heavy atom. The Balaban J connectivity index is 2.01. The fourth-order valence-corrected chi connectivity index (χ4v) is 11.8. The van der Waals surface area contributed by atoms with Gasteiger partial charge in [0.1, 0.15) is 0 Å². The van der Waals surface area contributed by atoms with Gasteiger partial charge in [-0.1, -0.05) is 259 Å². The zero-order chi connectivity index (χ0) is 66.1. The van der Waals surface area contributed by atoms with E-state index in [-0.39, 0.29) is 74.8 Å². The zero-order valence-electron chi connectivity index (χ0n) is 60.0. The Kier molecular flexibility index (Phi) is 59.1. The molecule has 2 rings (SSSR count). The first-order chi connectivity index (χ1) is 45.3. The minimum absolute atomic E-state index is 0.144. The van der Waals surface area contributed by atoms with Crippen molar-refractivity contribution in [3.8, 4) is 12.0 Å². The van der Waals surface area contributed by atoms with Gasteiger partial charge in [-0.25, -0.2) is 0 Å². The van der Waals surface area contributed by atoms with E-state index in [0.29, 0.717) is 91.0 Å². The number of ether oxygens (including phenoxy) is 6. The van der Waals surface area contributed by atoms with Crippen molar-refractivity contribution in [3.05, 3.63) is 0 Å². The van der Waals surface area contributed by atoms with Gasteiger partial charge in [0.15, 0.2) is 0 Å². The number of rotatable bonds is 70. The molecule has 1 N–H and O–H groups in total. The van der Waals surface area contributed by atoms with Gasteiger partial charge in [-0.05, 0) is 64.5 Å². The molecule has 1 aromatic rings. The van der Waals surface area contributed by atoms with Crippen LogP contribution in [0.15, 0.2) is 0 Å². The van der Waals surface area contributed by atoms with E-state index in [2.05, 4.69) is 62.7 Å². The Bertz CT molecular complexity index is 1650. The molecule has 1 aliphatic rings. The van der Waals surface area contributed by atoms with Gasteiger partial charge in [-0.3, -0.25) is 19.2 Å². The molecular weight excluding hydrogens is 1160 g/mol. The number of aromatic nitrogens is 3. The maximum atomic E-state index is 13.0. The third-order valence-corrected chi connectivity index (χ3v) is 17.8. The molecule has 0 bridgehead atoms. The van der Waals surface area contributed by atoms with E-state index < -0.39 is 0 Å². The average molecular weight is 1300 g/mol. The second kappa shape index (κ2) is 64.5. The first-order valence-electron chi connectivity index (χ1n) is 38.8. The lowest BCUT2D eigenvalue weighted by Gasteiger charge is -2.22. The normalized spacial score (nSPS) is 12.5. The van der Waals surface area contributed by atoms with Gasteiger partial charge in [0.25, 0.3) is 0 Å². The highest BCUT2D eigenvalue weighted by atomic mass is 16.5. The largest absolute Gasteiger partial charge is 0.466 e. The van der Waals surface area contributed by atoms with Gasteiger partial charge in [0, 0.05) is 52.4 Å². The molecule has 0 radical (unpaired) electrons. The smallest absolute Gasteiger partial charge is 0.324 e. The first-order valence-corrected chi connectivity index (χ1v) is 38.8. The van der Waals surface area contributed by atoms with E-state index in [1.54, 1.807) is 0 Å². The number of carbonyl (C=O) groups excluding carboxylic acids is 4. The molecule has 0 atom stereocenters. The predicted octanol–water partition coefficient (Wildman–Crippen LogP) is 17.9. The van der Waals surface area contributed by atoms with Crippen LogP contribution in [0.4, 0.5) is 5.95 Å². The Hall–Kier alpha value is -3.83. The van der Waals surface area contributed by atoms with Crippen LogP contribution in [0, 0.1) is 0 Å². The van der Waals surface area contributed by atoms with Crippen molar-refractivity contribution in [1.29, 1.82) is 0 Å². The molecule has 0 aliphatic carbocycles. The van der Waals surface area contributed by atoms with Crippen LogP contribution in [-0.4, -0.2) is 159 Å². The quantitative estimate of drug-likeness (QED) is 0.0369. The van der Waals surface area contributed by atoms with Crippen LogP contribution in [0.3, 0.4) is 0 Å². The molecule has 536 valence electrons. The monoisotopic (exact) mass is 1300 g/mol. The second-order valence-electron chi connectivity index (χ2n) is 26.4. The third-order valence-electron chi connectivity index (χ3n) is 17.8. The summed E-state index contributed by atoms with van der Waals surface area (Å²) in [6.45, 7) is 18.0. The Morgan fingerprint density at radius 2 is 0.598 bits per heavy atom. The van der Waals surface area contributed by atoms with Gasteiger partial charge in [-0.15, -0.1) is 4.98 Å². The molecule has 0 amide bonds. The molecule has 0 saturated carbocycles. The summed E-state index contributed by atoms with van der Waals surface area (Å²) in [6.07, 6.45) is 53.5. The first kappa shape index (κ1) is 84.3. The maximum Gasteiger partial charge on any atom is 0.324 e. The van der Waals surface area contributed by atoms with E-state index in [4.69, 9.17) is 28.4 Å². The van der Waals surface area contributed by atoms with Crippen LogP contribution in [0.5, 0.6) is 12.0 Å². The van der Waals surface area contributed by atoms with Gasteiger partial charge in [-0.2, -0.15) is 9.97 Å². The summed E-state index contributed by atoms with van der Waals surface area (Å²) in [5.41, 5.74) is 0. The fraction of sp³-hybridized carbons (Fsp3) is 0.907. The summed E-state index contributed by atoms with van der Waals surface area (Å²) in [5, 5.41) is 3.37. The molecule has 0 unspecified atom stereocenters. The zero-order valence-corrected chi connectivity index (χ0v) is 60.0. The van der Waals surface area contributed by atoms with Crippen LogP contribution >= 0.6 is 0 Å². The van der Waals surface area contributed by atoms with Crippen molar-refractivity contribution in [2.75, 3.05) is 110 Å². The number of unbranched alkanes of at least 4 members (excludes halogenated alkanes) is 36. The van der Waals surface area contributed by atoms with Gasteiger partial charge in [0.05, 0.1) is 65.3 Å². The number of carbonyl (C=O) groups is 4. The van der Waals surface area contributed by atoms with Gasteiger partial charge >= 0.3 is 35.9 Å². The summed E-state index contributed by atoms with van der Waals surface area (Å²) in [7, 11) is 0. The van der Waals surface area contributed by atoms with Crippen LogP contribution in [0.2, 0.25) is 0 Å². The van der Waals surface area contributed by atoms with Gasteiger partial charge < -0.3 is 48.4 Å². The Morgan fingerprint density at radius 3 is 0.870 bits per heavy atom. The van der Waals surface area contributed by atoms with E-state index in [0.717, 1.165) is 71.0 Å². The molecule has 1 fully saturated rings. The van der Waals surface area contributed by atoms with Crippen molar-refractivity contribution in [3.63, 3.8) is 0 Å². The summed E-state index contributed by atoms with van der Waals surface area (Å²) >= 11 is 0. The van der Waals surface area contributed by atoms with Crippen molar-refractivity contribution >= 4 is 29.8 Å². The molecule has 2 heterocycles. The molecule has 17 nitrogen and oxygen atoms in total. The molecule has 0 aromatic carbocycles. The minimum atomic E-state index is -0.217. The van der Waals surface area contributed by atoms with Crippen LogP contribution in [0.1, 0.15) is 336 Å². The number of esters is 4. The van der Waals surface area contributed by atoms with Crippen molar-refractivity contribution < 1.29 is 47.6 Å². The van der Waals surface area contributed by atoms with Crippen LogP contribution in [0.25, 0.3) is 0 Å². The van der Waals surface area contributed by atoms with E-state index >= 15 is 0 Å². The molecule has 1 aliphatic heterocycles. The molecule has 0 spiro atoms. The molecule has 1 aromatic heterocycles. The molecule has 92 heavy (non-hydrogen) atoms. The maximum absolute atomic E-state index is 13.0. The number of likely N-dealkylation sites (tertiary alicyclic amines) is 1. The average Bonchev–Trinajstić information content (AvgIpc) is 1.94. The SMILES string of the molecule is CCCCCCCCCCCCOC(=O)CCN(CCCOc1nc(NCCN2CCCC2)nc(OCCCN(CCC(=O)OCCCCCCCCCCCC)CCC(=O)OCCCCCCCCCCCC)n1)CCC(=O)OCCCCCCCCCCCC. The topological polar surface area (TPSA) is 184 Å². The fourth-order valence-electron chi connectivity index (χ4n) is 11.8. The van der Waals surface area contributed by atoms with Gasteiger partial charge in [0.2, 0.25) is 5.95 Å². The van der Waals surface area contributed by atoms with Crippen LogP contribution in [-0.2, 0) is 38.1 Å². The predicted molar refractivity (Wildman–Crippen MR) is 377 cm³/mol. The molecule has 1 saturated heterocycles. The van der Waals surface area contributed by atoms with Crippen molar-refractivity contribution in [2.24, 2.45) is 0 Å². The summed E-state index contributed by atoms with van der Waals surface area (Å²) < 4.78 is 35.1. The van der Waals surface area contributed by atoms with Crippen LogP contribution < -0.4 is 14.8 Å². The summed E-state index contributed by atoms with van der Waals surface area (Å²) in [5.74, 6) is -0.501. The number of nitrogens with one attached hydrogen (secondary N) is 1. The second-order valence-corrected chi connectivity index (χ2v) is 26.4. The van der Waals surface area contributed by atoms with Crippen molar-refractivity contribution in [2.45, 2.75) is 336 Å². The highest BCUT2D eigenvalue weighted by molar-refractivity contribution is 5.71. The summed E-state index contributed by atoms with van der Waals surface area (Å²) in [4.78, 5) is 72.4. The number of anilines is 1. The van der Waals surface area contributed by atoms with Crippen molar-refractivity contribution in [1.82, 2.24) is 29.7 Å². The number of hydrogen-bond donors (Lipinski definition) is 1. The van der Waals surface area contributed by atoms with E-state index in [1.165, 1.54) is 218 Å². The lowest BCUT2D eigenvalue weighted by molar-refractivity contribution is -0.146. The van der Waals surface area contributed by atoms with E-state index in [9.17, 15) is 19.2 Å². The summed E-state index contributed by atoms with van der Waals surface area (Å²) in [6, 6.07) is 0.288. The Labute approximate surface area is 563 Å². The van der Waals surface area contributed by atoms with E-state index in [1.807, 2.05) is 0 Å². The molecular formula is C75H141N7O10.